The third-order valence-corrected chi connectivity index (χ3v) is 6.38. The number of sulfonamides is 1. The molecule has 1 heterocycles. The van der Waals surface area contributed by atoms with Gasteiger partial charge in [-0.1, -0.05) is 36.4 Å². The van der Waals surface area contributed by atoms with Gasteiger partial charge in [-0.05, 0) is 24.3 Å². The minimum absolute atomic E-state index is 0.257. The molecule has 28 heavy (non-hydrogen) atoms. The number of ether oxygens (including phenoxy) is 1. The highest BCUT2D eigenvalue weighted by molar-refractivity contribution is 7.93. The van der Waals surface area contributed by atoms with Crippen LogP contribution in [0.25, 0.3) is 10.8 Å². The molecule has 1 aliphatic heterocycles. The fourth-order valence-electron chi connectivity index (χ4n) is 3.60. The highest BCUT2D eigenvalue weighted by Gasteiger charge is 2.22. The van der Waals surface area contributed by atoms with Crippen molar-refractivity contribution in [3.63, 3.8) is 0 Å². The number of hydrogen-bond acceptors (Lipinski definition) is 5. The van der Waals surface area contributed by atoms with Crippen molar-refractivity contribution in [1.29, 1.82) is 0 Å². The number of benzene rings is 3. The summed E-state index contributed by atoms with van der Waals surface area (Å²) in [5.74, 6) is 0.479. The molecular formula is C21H23N3O3S. The second-order valence-electron chi connectivity index (χ2n) is 6.67. The summed E-state index contributed by atoms with van der Waals surface area (Å²) in [7, 11) is -2.26. The Kier molecular flexibility index (Phi) is 5.11. The molecule has 2 N–H and O–H groups in total. The molecule has 0 saturated carbocycles. The van der Waals surface area contributed by atoms with Crippen LogP contribution in [0.4, 0.5) is 11.4 Å². The number of nitrogens with zero attached hydrogens (tertiary/aromatic N) is 1. The normalized spacial score (nSPS) is 14.8. The lowest BCUT2D eigenvalue weighted by molar-refractivity contribution is 0.417. The lowest BCUT2D eigenvalue weighted by Crippen LogP contribution is -2.43. The summed E-state index contributed by atoms with van der Waals surface area (Å²) in [5, 5.41) is 4.99. The second-order valence-corrected chi connectivity index (χ2v) is 8.32. The predicted molar refractivity (Wildman–Crippen MR) is 113 cm³/mol. The summed E-state index contributed by atoms with van der Waals surface area (Å²) in [6.45, 7) is 3.64. The van der Waals surface area contributed by atoms with Crippen LogP contribution in [0.1, 0.15) is 0 Å². The Balaban J connectivity index is 1.78. The Morgan fingerprint density at radius 2 is 1.61 bits per heavy atom. The first-order valence-corrected chi connectivity index (χ1v) is 10.7. The first-order chi connectivity index (χ1) is 13.6. The number of methoxy groups -OCH3 is 1. The summed E-state index contributed by atoms with van der Waals surface area (Å²) in [6.07, 6.45) is 0. The summed E-state index contributed by atoms with van der Waals surface area (Å²) in [5.41, 5.74) is 1.48. The van der Waals surface area contributed by atoms with Crippen LogP contribution in [0, 0.1) is 0 Å². The van der Waals surface area contributed by atoms with Crippen LogP contribution in [0.15, 0.2) is 65.6 Å². The molecule has 7 heteroatoms. The molecule has 4 rings (SSSR count). The van der Waals surface area contributed by atoms with Crippen LogP contribution < -0.4 is 19.7 Å². The van der Waals surface area contributed by atoms with Gasteiger partial charge in [0.25, 0.3) is 10.0 Å². The molecule has 3 aromatic carbocycles. The quantitative estimate of drug-likeness (QED) is 0.692. The van der Waals surface area contributed by atoms with Crippen LogP contribution in [0.5, 0.6) is 5.75 Å². The molecule has 0 aliphatic carbocycles. The first-order valence-electron chi connectivity index (χ1n) is 9.23. The Bertz CT molecular complexity index is 1090. The first kappa shape index (κ1) is 18.6. The van der Waals surface area contributed by atoms with Crippen molar-refractivity contribution in [2.75, 3.05) is 42.9 Å². The highest BCUT2D eigenvalue weighted by Crippen LogP contribution is 2.34. The number of nitrogens with one attached hydrogen (secondary N) is 2. The van der Waals surface area contributed by atoms with E-state index in [-0.39, 0.29) is 4.90 Å². The minimum Gasteiger partial charge on any atom is -0.495 e. The van der Waals surface area contributed by atoms with Gasteiger partial charge in [-0.3, -0.25) is 4.72 Å². The molecule has 146 valence electrons. The van der Waals surface area contributed by atoms with Crippen molar-refractivity contribution in [3.05, 3.63) is 60.7 Å². The van der Waals surface area contributed by atoms with Gasteiger partial charge >= 0.3 is 0 Å². The molecule has 0 radical (unpaired) electrons. The van der Waals surface area contributed by atoms with E-state index in [0.29, 0.717) is 16.8 Å². The molecule has 0 aromatic heterocycles. The third-order valence-electron chi connectivity index (χ3n) is 4.96. The van der Waals surface area contributed by atoms with Crippen LogP contribution in [-0.4, -0.2) is 41.7 Å². The lowest BCUT2D eigenvalue weighted by Gasteiger charge is -2.30. The van der Waals surface area contributed by atoms with Crippen molar-refractivity contribution >= 4 is 32.2 Å². The lowest BCUT2D eigenvalue weighted by atomic mass is 10.1. The third kappa shape index (κ3) is 3.50. The number of fused-ring (bicyclic) bond motifs is 1. The fourth-order valence-corrected chi connectivity index (χ4v) is 4.88. The number of piperazine rings is 1. The molecular weight excluding hydrogens is 374 g/mol. The Morgan fingerprint density at radius 1 is 0.929 bits per heavy atom. The molecule has 0 spiro atoms. The Hall–Kier alpha value is -2.77. The van der Waals surface area contributed by atoms with Crippen LogP contribution in [-0.2, 0) is 10.0 Å². The molecule has 0 amide bonds. The molecule has 3 aromatic rings. The van der Waals surface area contributed by atoms with Gasteiger partial charge in [0.05, 0.1) is 17.7 Å². The van der Waals surface area contributed by atoms with Gasteiger partial charge in [0.15, 0.2) is 0 Å². The maximum atomic E-state index is 13.2. The summed E-state index contributed by atoms with van der Waals surface area (Å²) < 4.78 is 34.3. The van der Waals surface area contributed by atoms with Gasteiger partial charge in [0.1, 0.15) is 5.75 Å². The molecule has 0 atom stereocenters. The largest absolute Gasteiger partial charge is 0.495 e. The SMILES string of the molecule is COc1ccccc1NS(=O)(=O)c1ccc(N2CCNCC2)c2ccccc12. The second kappa shape index (κ2) is 7.69. The van der Waals surface area contributed by atoms with Crippen molar-refractivity contribution < 1.29 is 13.2 Å². The van der Waals surface area contributed by atoms with E-state index < -0.39 is 10.0 Å². The molecule has 0 bridgehead atoms. The van der Waals surface area contributed by atoms with Crippen molar-refractivity contribution in [2.45, 2.75) is 4.90 Å². The van der Waals surface area contributed by atoms with Gasteiger partial charge in [-0.25, -0.2) is 8.42 Å². The average molecular weight is 398 g/mol. The van der Waals surface area contributed by atoms with E-state index in [4.69, 9.17) is 4.74 Å². The molecule has 6 nitrogen and oxygen atoms in total. The zero-order chi connectivity index (χ0) is 19.6. The zero-order valence-electron chi connectivity index (χ0n) is 15.7. The van der Waals surface area contributed by atoms with E-state index in [0.717, 1.165) is 37.3 Å². The van der Waals surface area contributed by atoms with Crippen molar-refractivity contribution in [3.8, 4) is 5.75 Å². The van der Waals surface area contributed by atoms with E-state index >= 15 is 0 Å². The Morgan fingerprint density at radius 3 is 2.36 bits per heavy atom. The fraction of sp³-hybridized carbons (Fsp3) is 0.238. The topological polar surface area (TPSA) is 70.7 Å². The average Bonchev–Trinajstić information content (AvgIpc) is 2.73. The predicted octanol–water partition coefficient (Wildman–Crippen LogP) is 3.06. The van der Waals surface area contributed by atoms with Crippen molar-refractivity contribution in [2.24, 2.45) is 0 Å². The standard InChI is InChI=1S/C21H23N3O3S/c1-27-20-9-5-4-8-18(20)23-28(25,26)21-11-10-19(24-14-12-22-13-15-24)16-6-2-3-7-17(16)21/h2-11,22-23H,12-15H2,1H3. The van der Waals surface area contributed by atoms with E-state index in [1.807, 2.05) is 30.3 Å². The minimum atomic E-state index is -3.78. The number of para-hydroxylation sites is 2. The maximum absolute atomic E-state index is 13.2. The van der Waals surface area contributed by atoms with Crippen LogP contribution in [0.2, 0.25) is 0 Å². The van der Waals surface area contributed by atoms with Gasteiger partial charge in [0.2, 0.25) is 0 Å². The maximum Gasteiger partial charge on any atom is 0.262 e. The monoisotopic (exact) mass is 397 g/mol. The summed E-state index contributed by atoms with van der Waals surface area (Å²) >= 11 is 0. The van der Waals surface area contributed by atoms with E-state index in [2.05, 4.69) is 14.9 Å². The summed E-state index contributed by atoms with van der Waals surface area (Å²) in [6, 6.07) is 18.2. The number of rotatable bonds is 5. The zero-order valence-corrected chi connectivity index (χ0v) is 16.5. The smallest absolute Gasteiger partial charge is 0.262 e. The van der Waals surface area contributed by atoms with E-state index in [1.165, 1.54) is 7.11 Å². The summed E-state index contributed by atoms with van der Waals surface area (Å²) in [4.78, 5) is 2.55. The van der Waals surface area contributed by atoms with E-state index in [9.17, 15) is 8.42 Å². The van der Waals surface area contributed by atoms with Crippen molar-refractivity contribution in [1.82, 2.24) is 5.32 Å². The number of anilines is 2. The van der Waals surface area contributed by atoms with Crippen LogP contribution in [0.3, 0.4) is 0 Å². The molecule has 1 aliphatic rings. The van der Waals surface area contributed by atoms with Gasteiger partial charge in [0, 0.05) is 42.6 Å². The van der Waals surface area contributed by atoms with E-state index in [1.54, 1.807) is 30.3 Å². The molecule has 1 saturated heterocycles. The van der Waals surface area contributed by atoms with Gasteiger partial charge in [-0.15, -0.1) is 0 Å². The highest BCUT2D eigenvalue weighted by atomic mass is 32.2. The molecule has 0 unspecified atom stereocenters. The van der Waals surface area contributed by atoms with Crippen LogP contribution >= 0.6 is 0 Å². The molecule has 1 fully saturated rings. The number of hydrogen-bond donors (Lipinski definition) is 2. The van der Waals surface area contributed by atoms with Gasteiger partial charge in [-0.2, -0.15) is 0 Å². The Labute approximate surface area is 165 Å². The van der Waals surface area contributed by atoms with Gasteiger partial charge < -0.3 is 15.0 Å².